The van der Waals surface area contributed by atoms with Crippen molar-refractivity contribution in [3.8, 4) is 5.75 Å². The second kappa shape index (κ2) is 6.25. The van der Waals surface area contributed by atoms with Gasteiger partial charge in [0.2, 0.25) is 0 Å². The van der Waals surface area contributed by atoms with Crippen LogP contribution in [0.15, 0.2) is 11.0 Å². The van der Waals surface area contributed by atoms with Crippen LogP contribution in [0.1, 0.15) is 5.56 Å². The Morgan fingerprint density at radius 2 is 1.95 bits per heavy atom. The van der Waals surface area contributed by atoms with Crippen LogP contribution < -0.4 is 5.32 Å². The molecule has 1 aromatic rings. The summed E-state index contributed by atoms with van der Waals surface area (Å²) in [6, 6.07) is 0.900. The Morgan fingerprint density at radius 3 is 2.52 bits per heavy atom. The van der Waals surface area contributed by atoms with Gasteiger partial charge in [-0.3, -0.25) is 0 Å². The maximum Gasteiger partial charge on any atom is 0.186 e. The molecule has 0 bridgehead atoms. The summed E-state index contributed by atoms with van der Waals surface area (Å²) < 4.78 is 50.4. The van der Waals surface area contributed by atoms with Crippen molar-refractivity contribution in [1.82, 2.24) is 10.2 Å². The molecule has 1 heterocycles. The predicted octanol–water partition coefficient (Wildman–Crippen LogP) is 0.522. The van der Waals surface area contributed by atoms with E-state index < -0.39 is 32.1 Å². The normalized spacial score (nSPS) is 17.1. The lowest BCUT2D eigenvalue weighted by molar-refractivity contribution is 0.242. The smallest absolute Gasteiger partial charge is 0.186 e. The molecular weight excluding hydrogens is 302 g/mol. The zero-order chi connectivity index (χ0) is 15.6. The number of benzene rings is 1. The molecule has 1 aromatic carbocycles. The summed E-state index contributed by atoms with van der Waals surface area (Å²) in [7, 11) is -4.07. The van der Waals surface area contributed by atoms with Crippen molar-refractivity contribution < 1.29 is 22.3 Å². The van der Waals surface area contributed by atoms with Crippen LogP contribution in [0.3, 0.4) is 0 Å². The van der Waals surface area contributed by atoms with Gasteiger partial charge in [0.05, 0.1) is 0 Å². The zero-order valence-corrected chi connectivity index (χ0v) is 12.5. The number of hydrogen-bond donors (Lipinski definition) is 2. The molecule has 0 aromatic heterocycles. The van der Waals surface area contributed by atoms with Crippen molar-refractivity contribution >= 4 is 9.84 Å². The first-order valence-electron chi connectivity index (χ1n) is 6.63. The standard InChI is InChI=1S/C13H18F2N2O3S/c1-21(19,20)13-10(14)8-9(12(18)11(13)15)2-5-17-6-3-16-4-7-17/h8,16,18H,2-7H2,1H3. The number of hydrogen-bond acceptors (Lipinski definition) is 5. The van der Waals surface area contributed by atoms with Gasteiger partial charge in [-0.15, -0.1) is 0 Å². The molecule has 0 spiro atoms. The highest BCUT2D eigenvalue weighted by molar-refractivity contribution is 7.90. The fourth-order valence-corrected chi connectivity index (χ4v) is 3.22. The molecule has 1 fully saturated rings. The minimum absolute atomic E-state index is 0.0796. The number of rotatable bonds is 4. The van der Waals surface area contributed by atoms with Crippen LogP contribution in [0.4, 0.5) is 8.78 Å². The lowest BCUT2D eigenvalue weighted by Crippen LogP contribution is -2.44. The van der Waals surface area contributed by atoms with Crippen molar-refractivity contribution in [2.24, 2.45) is 0 Å². The molecule has 1 aliphatic heterocycles. The third-order valence-electron chi connectivity index (χ3n) is 3.51. The molecule has 5 nitrogen and oxygen atoms in total. The molecular formula is C13H18F2N2O3S. The maximum absolute atomic E-state index is 13.9. The molecule has 0 atom stereocenters. The number of piperazine rings is 1. The molecule has 0 unspecified atom stereocenters. The summed E-state index contributed by atoms with van der Waals surface area (Å²) in [6.45, 7) is 3.90. The van der Waals surface area contributed by atoms with Gasteiger partial charge >= 0.3 is 0 Å². The monoisotopic (exact) mass is 320 g/mol. The Hall–Kier alpha value is -1.25. The second-order valence-electron chi connectivity index (χ2n) is 5.12. The average molecular weight is 320 g/mol. The summed E-state index contributed by atoms with van der Waals surface area (Å²) in [6.07, 6.45) is 0.956. The van der Waals surface area contributed by atoms with E-state index in [4.69, 9.17) is 0 Å². The largest absolute Gasteiger partial charge is 0.505 e. The van der Waals surface area contributed by atoms with Crippen LogP contribution in [-0.2, 0) is 16.3 Å². The molecule has 0 aliphatic carbocycles. The van der Waals surface area contributed by atoms with Gasteiger partial charge in [0.1, 0.15) is 10.7 Å². The first kappa shape index (κ1) is 16.1. The Labute approximate surface area is 122 Å². The summed E-state index contributed by atoms with van der Waals surface area (Å²) in [5.74, 6) is -3.36. The summed E-state index contributed by atoms with van der Waals surface area (Å²) in [4.78, 5) is 1.03. The van der Waals surface area contributed by atoms with E-state index in [0.717, 1.165) is 32.2 Å². The number of nitrogens with zero attached hydrogens (tertiary/aromatic N) is 1. The van der Waals surface area contributed by atoms with Gasteiger partial charge in [-0.25, -0.2) is 17.2 Å². The van der Waals surface area contributed by atoms with Gasteiger partial charge < -0.3 is 15.3 Å². The molecule has 0 amide bonds. The van der Waals surface area contributed by atoms with Gasteiger partial charge in [0.25, 0.3) is 0 Å². The van der Waals surface area contributed by atoms with Crippen LogP contribution >= 0.6 is 0 Å². The molecule has 1 aliphatic rings. The highest BCUT2D eigenvalue weighted by Gasteiger charge is 2.25. The number of nitrogens with one attached hydrogen (secondary N) is 1. The summed E-state index contributed by atoms with van der Waals surface area (Å²) in [5, 5.41) is 12.9. The van der Waals surface area contributed by atoms with Crippen molar-refractivity contribution in [2.45, 2.75) is 11.3 Å². The first-order valence-corrected chi connectivity index (χ1v) is 8.53. The Balaban J connectivity index is 2.21. The highest BCUT2D eigenvalue weighted by atomic mass is 32.2. The van der Waals surface area contributed by atoms with Gasteiger partial charge in [0.15, 0.2) is 21.4 Å². The Morgan fingerprint density at radius 1 is 1.33 bits per heavy atom. The lowest BCUT2D eigenvalue weighted by atomic mass is 10.1. The minimum Gasteiger partial charge on any atom is -0.505 e. The SMILES string of the molecule is CS(=O)(=O)c1c(F)cc(CCN2CCNCC2)c(O)c1F. The first-order chi connectivity index (χ1) is 9.80. The Kier molecular flexibility index (Phi) is 4.80. The molecule has 1 saturated heterocycles. The van der Waals surface area contributed by atoms with E-state index >= 15 is 0 Å². The van der Waals surface area contributed by atoms with Crippen molar-refractivity contribution in [3.63, 3.8) is 0 Å². The quantitative estimate of drug-likeness (QED) is 0.846. The van der Waals surface area contributed by atoms with Crippen LogP contribution in [0.2, 0.25) is 0 Å². The van der Waals surface area contributed by atoms with Gasteiger partial charge in [-0.05, 0) is 12.5 Å². The van der Waals surface area contributed by atoms with E-state index in [2.05, 4.69) is 10.2 Å². The van der Waals surface area contributed by atoms with Crippen molar-refractivity contribution in [1.29, 1.82) is 0 Å². The zero-order valence-electron chi connectivity index (χ0n) is 11.7. The molecule has 2 N–H and O–H groups in total. The van der Waals surface area contributed by atoms with E-state index in [1.807, 2.05) is 0 Å². The molecule has 8 heteroatoms. The fourth-order valence-electron chi connectivity index (χ4n) is 2.38. The molecule has 2 rings (SSSR count). The van der Waals surface area contributed by atoms with E-state index in [1.165, 1.54) is 0 Å². The van der Waals surface area contributed by atoms with E-state index in [-0.39, 0.29) is 12.0 Å². The van der Waals surface area contributed by atoms with Gasteiger partial charge in [0, 0.05) is 44.5 Å². The van der Waals surface area contributed by atoms with Crippen LogP contribution in [0.25, 0.3) is 0 Å². The summed E-state index contributed by atoms with van der Waals surface area (Å²) >= 11 is 0. The van der Waals surface area contributed by atoms with Crippen LogP contribution in [0, 0.1) is 11.6 Å². The van der Waals surface area contributed by atoms with E-state index in [0.29, 0.717) is 12.8 Å². The highest BCUT2D eigenvalue weighted by Crippen LogP contribution is 2.30. The lowest BCUT2D eigenvalue weighted by Gasteiger charge is -2.27. The second-order valence-corrected chi connectivity index (χ2v) is 7.08. The minimum atomic E-state index is -4.07. The average Bonchev–Trinajstić information content (AvgIpc) is 2.41. The molecule has 21 heavy (non-hydrogen) atoms. The third-order valence-corrected chi connectivity index (χ3v) is 4.62. The van der Waals surface area contributed by atoms with E-state index in [9.17, 15) is 22.3 Å². The number of halogens is 2. The fraction of sp³-hybridized carbons (Fsp3) is 0.538. The maximum atomic E-state index is 13.9. The number of sulfone groups is 1. The topological polar surface area (TPSA) is 69.6 Å². The third kappa shape index (κ3) is 3.69. The predicted molar refractivity (Wildman–Crippen MR) is 74.1 cm³/mol. The molecule has 0 radical (unpaired) electrons. The molecule has 118 valence electrons. The van der Waals surface area contributed by atoms with Crippen molar-refractivity contribution in [2.75, 3.05) is 39.0 Å². The molecule has 0 saturated carbocycles. The van der Waals surface area contributed by atoms with E-state index in [1.54, 1.807) is 0 Å². The number of phenolic OH excluding ortho intramolecular Hbond substituents is 1. The number of aromatic hydroxyl groups is 1. The summed E-state index contributed by atoms with van der Waals surface area (Å²) in [5.41, 5.74) is 0.0796. The number of phenols is 1. The van der Waals surface area contributed by atoms with Crippen LogP contribution in [-0.4, -0.2) is 57.4 Å². The Bertz CT molecular complexity index is 629. The van der Waals surface area contributed by atoms with Crippen molar-refractivity contribution in [3.05, 3.63) is 23.3 Å². The van der Waals surface area contributed by atoms with Gasteiger partial charge in [-0.1, -0.05) is 0 Å². The van der Waals surface area contributed by atoms with Crippen LogP contribution in [0.5, 0.6) is 5.75 Å². The van der Waals surface area contributed by atoms with Gasteiger partial charge in [-0.2, -0.15) is 0 Å².